The third-order valence-corrected chi connectivity index (χ3v) is 4.64. The van der Waals surface area contributed by atoms with Crippen LogP contribution < -0.4 is 19.5 Å². The molecule has 6 nitrogen and oxygen atoms in total. The van der Waals surface area contributed by atoms with Gasteiger partial charge in [-0.3, -0.25) is 0 Å². The highest BCUT2D eigenvalue weighted by molar-refractivity contribution is 14.0. The predicted octanol–water partition coefficient (Wildman–Crippen LogP) is 3.92. The van der Waals surface area contributed by atoms with Gasteiger partial charge in [0.1, 0.15) is 0 Å². The summed E-state index contributed by atoms with van der Waals surface area (Å²) in [5.74, 6) is 3.77. The van der Waals surface area contributed by atoms with E-state index in [0.717, 1.165) is 37.1 Å². The molecule has 154 valence electrons. The Morgan fingerprint density at radius 3 is 2.22 bits per heavy atom. The molecule has 0 radical (unpaired) electrons. The molecule has 7 heteroatoms. The van der Waals surface area contributed by atoms with Gasteiger partial charge in [0.2, 0.25) is 5.75 Å². The Morgan fingerprint density at radius 1 is 1.15 bits per heavy atom. The van der Waals surface area contributed by atoms with Crippen molar-refractivity contribution in [3.05, 3.63) is 17.7 Å². The average Bonchev–Trinajstić information content (AvgIpc) is 2.66. The lowest BCUT2D eigenvalue weighted by atomic mass is 10.00. The normalized spacial score (nSPS) is 15.1. The first-order valence-electron chi connectivity index (χ1n) is 9.53. The molecule has 1 heterocycles. The number of hydrogen-bond donors (Lipinski definition) is 1. The first-order chi connectivity index (χ1) is 12.6. The van der Waals surface area contributed by atoms with Gasteiger partial charge in [0.15, 0.2) is 17.5 Å². The van der Waals surface area contributed by atoms with Gasteiger partial charge >= 0.3 is 0 Å². The monoisotopic (exact) mass is 491 g/mol. The largest absolute Gasteiger partial charge is 0.493 e. The zero-order valence-corrected chi connectivity index (χ0v) is 19.5. The number of nitrogens with zero attached hydrogens (tertiary/aromatic N) is 2. The molecule has 1 fully saturated rings. The lowest BCUT2D eigenvalue weighted by Crippen LogP contribution is -2.45. The Hall–Kier alpha value is -1.38. The van der Waals surface area contributed by atoms with Crippen LogP contribution in [0.15, 0.2) is 17.1 Å². The average molecular weight is 491 g/mol. The second-order valence-electron chi connectivity index (χ2n) is 6.60. The number of aliphatic imine (C=N–C) groups is 1. The van der Waals surface area contributed by atoms with Crippen molar-refractivity contribution in [3.63, 3.8) is 0 Å². The molecule has 0 unspecified atom stereocenters. The van der Waals surface area contributed by atoms with E-state index in [1.54, 1.807) is 14.2 Å². The van der Waals surface area contributed by atoms with E-state index in [0.29, 0.717) is 30.4 Å². The number of halogens is 1. The standard InChI is InChI=1S/C20H33N3O3.HI/c1-6-21-20(23-10-8-15(3)9-11-23)22-14-16-12-17(24-4)19(26-7-2)18(13-16)25-5;/h12-13,15H,6-11,14H2,1-5H3,(H,21,22);1H. The lowest BCUT2D eigenvalue weighted by Gasteiger charge is -2.33. The number of piperidine rings is 1. The molecule has 1 aliphatic heterocycles. The number of benzene rings is 1. The molecule has 27 heavy (non-hydrogen) atoms. The molecule has 1 saturated heterocycles. The SMILES string of the molecule is CCNC(=NCc1cc(OC)c(OCC)c(OC)c1)N1CCC(C)CC1.I. The van der Waals surface area contributed by atoms with Gasteiger partial charge in [-0.15, -0.1) is 24.0 Å². The van der Waals surface area contributed by atoms with Crippen molar-refractivity contribution in [2.45, 2.75) is 40.2 Å². The second kappa shape index (κ2) is 12.2. The minimum absolute atomic E-state index is 0. The number of ether oxygens (including phenoxy) is 3. The van der Waals surface area contributed by atoms with Gasteiger partial charge in [0, 0.05) is 19.6 Å². The molecule has 0 bridgehead atoms. The number of methoxy groups -OCH3 is 2. The molecule has 1 aromatic rings. The minimum atomic E-state index is 0. The molecular weight excluding hydrogens is 457 g/mol. The zero-order valence-electron chi connectivity index (χ0n) is 17.2. The van der Waals surface area contributed by atoms with Crippen LogP contribution in [-0.4, -0.2) is 51.3 Å². The van der Waals surface area contributed by atoms with Crippen LogP contribution >= 0.6 is 24.0 Å². The maximum Gasteiger partial charge on any atom is 0.203 e. The van der Waals surface area contributed by atoms with E-state index in [1.807, 2.05) is 19.1 Å². The van der Waals surface area contributed by atoms with Gasteiger partial charge in [-0.05, 0) is 50.3 Å². The van der Waals surface area contributed by atoms with Crippen LogP contribution in [0, 0.1) is 5.92 Å². The Labute approximate surface area is 180 Å². The smallest absolute Gasteiger partial charge is 0.203 e. The van der Waals surface area contributed by atoms with Gasteiger partial charge in [-0.2, -0.15) is 0 Å². The summed E-state index contributed by atoms with van der Waals surface area (Å²) in [7, 11) is 3.28. The van der Waals surface area contributed by atoms with E-state index in [2.05, 4.69) is 24.1 Å². The third kappa shape index (κ3) is 6.62. The van der Waals surface area contributed by atoms with E-state index in [9.17, 15) is 0 Å². The molecule has 0 aliphatic carbocycles. The summed E-state index contributed by atoms with van der Waals surface area (Å²) in [6.07, 6.45) is 2.43. The maximum absolute atomic E-state index is 5.67. The van der Waals surface area contributed by atoms with Crippen LogP contribution in [0.3, 0.4) is 0 Å². The molecular formula is C20H34IN3O3. The highest BCUT2D eigenvalue weighted by atomic mass is 127. The van der Waals surface area contributed by atoms with Crippen molar-refractivity contribution in [3.8, 4) is 17.2 Å². The summed E-state index contributed by atoms with van der Waals surface area (Å²) >= 11 is 0. The van der Waals surface area contributed by atoms with Gasteiger partial charge in [0.25, 0.3) is 0 Å². The topological polar surface area (TPSA) is 55.3 Å². The van der Waals surface area contributed by atoms with E-state index in [4.69, 9.17) is 19.2 Å². The summed E-state index contributed by atoms with van der Waals surface area (Å²) in [5.41, 5.74) is 1.03. The van der Waals surface area contributed by atoms with E-state index < -0.39 is 0 Å². The lowest BCUT2D eigenvalue weighted by molar-refractivity contribution is 0.273. The van der Waals surface area contributed by atoms with Crippen molar-refractivity contribution < 1.29 is 14.2 Å². The number of nitrogens with one attached hydrogen (secondary N) is 1. The van der Waals surface area contributed by atoms with Crippen LogP contribution in [0.4, 0.5) is 0 Å². The first kappa shape index (κ1) is 23.7. The number of guanidine groups is 1. The van der Waals surface area contributed by atoms with Gasteiger partial charge in [-0.1, -0.05) is 6.92 Å². The van der Waals surface area contributed by atoms with Crippen molar-refractivity contribution in [1.29, 1.82) is 0 Å². The molecule has 0 spiro atoms. The highest BCUT2D eigenvalue weighted by Crippen LogP contribution is 2.38. The molecule has 1 aromatic carbocycles. The zero-order chi connectivity index (χ0) is 18.9. The summed E-state index contributed by atoms with van der Waals surface area (Å²) in [5, 5.41) is 3.42. The summed E-state index contributed by atoms with van der Waals surface area (Å²) in [6, 6.07) is 3.94. The van der Waals surface area contributed by atoms with Gasteiger partial charge < -0.3 is 24.4 Å². The minimum Gasteiger partial charge on any atom is -0.493 e. The van der Waals surface area contributed by atoms with Crippen molar-refractivity contribution >= 4 is 29.9 Å². The fourth-order valence-corrected chi connectivity index (χ4v) is 3.12. The summed E-state index contributed by atoms with van der Waals surface area (Å²) in [6.45, 7) is 10.5. The first-order valence-corrected chi connectivity index (χ1v) is 9.53. The van der Waals surface area contributed by atoms with E-state index in [1.165, 1.54) is 12.8 Å². The van der Waals surface area contributed by atoms with Gasteiger partial charge in [0.05, 0.1) is 27.4 Å². The van der Waals surface area contributed by atoms with Crippen molar-refractivity contribution in [2.75, 3.05) is 40.5 Å². The number of hydrogen-bond acceptors (Lipinski definition) is 4. The van der Waals surface area contributed by atoms with Crippen LogP contribution in [0.1, 0.15) is 39.2 Å². The third-order valence-electron chi connectivity index (χ3n) is 4.64. The number of likely N-dealkylation sites (tertiary alicyclic amines) is 1. The van der Waals surface area contributed by atoms with Crippen LogP contribution in [-0.2, 0) is 6.54 Å². The molecule has 0 aromatic heterocycles. The molecule has 1 N–H and O–H groups in total. The quantitative estimate of drug-likeness (QED) is 0.356. The Morgan fingerprint density at radius 2 is 1.74 bits per heavy atom. The van der Waals surface area contributed by atoms with Gasteiger partial charge in [-0.25, -0.2) is 4.99 Å². The molecule has 0 atom stereocenters. The highest BCUT2D eigenvalue weighted by Gasteiger charge is 2.19. The molecule has 0 saturated carbocycles. The van der Waals surface area contributed by atoms with Crippen molar-refractivity contribution in [1.82, 2.24) is 10.2 Å². The fourth-order valence-electron chi connectivity index (χ4n) is 3.12. The van der Waals surface area contributed by atoms with E-state index >= 15 is 0 Å². The second-order valence-corrected chi connectivity index (χ2v) is 6.60. The number of rotatable bonds is 7. The Balaban J connectivity index is 0.00000364. The maximum atomic E-state index is 5.67. The Bertz CT molecular complexity index is 577. The van der Waals surface area contributed by atoms with Crippen LogP contribution in [0.25, 0.3) is 0 Å². The van der Waals surface area contributed by atoms with Crippen LogP contribution in [0.5, 0.6) is 17.2 Å². The molecule has 0 amide bonds. The predicted molar refractivity (Wildman–Crippen MR) is 121 cm³/mol. The summed E-state index contributed by atoms with van der Waals surface area (Å²) in [4.78, 5) is 7.19. The summed E-state index contributed by atoms with van der Waals surface area (Å²) < 4.78 is 16.6. The van der Waals surface area contributed by atoms with Crippen molar-refractivity contribution in [2.24, 2.45) is 10.9 Å². The Kier molecular flexibility index (Phi) is 10.6. The molecule has 1 aliphatic rings. The van der Waals surface area contributed by atoms with E-state index in [-0.39, 0.29) is 24.0 Å². The molecule has 2 rings (SSSR count). The van der Waals surface area contributed by atoms with Crippen LogP contribution in [0.2, 0.25) is 0 Å². The fraction of sp³-hybridized carbons (Fsp3) is 0.650.